The Labute approximate surface area is 160 Å². The standard InChI is InChI=1S/C20H17FN4O3/c21-15-3-1-13(2-4-15)10-22-19(26)14-11-23-20(24-12-14)25-16-5-6-17-18(9-16)28-8-7-27-17/h1-6,9,11-12H,7-8,10H2,(H,22,26)(H,23,24,25). The van der Waals surface area contributed by atoms with Crippen LogP contribution in [0.15, 0.2) is 54.9 Å². The fourth-order valence-corrected chi connectivity index (χ4v) is 2.65. The number of fused-ring (bicyclic) bond motifs is 1. The number of ether oxygens (including phenoxy) is 2. The molecule has 7 nitrogen and oxygen atoms in total. The minimum Gasteiger partial charge on any atom is -0.486 e. The van der Waals surface area contributed by atoms with Gasteiger partial charge in [0, 0.05) is 30.7 Å². The Morgan fingerprint density at radius 1 is 1.00 bits per heavy atom. The van der Waals surface area contributed by atoms with Gasteiger partial charge in [-0.3, -0.25) is 4.79 Å². The minimum atomic E-state index is -0.315. The van der Waals surface area contributed by atoms with E-state index in [0.29, 0.717) is 36.2 Å². The van der Waals surface area contributed by atoms with Gasteiger partial charge in [0.2, 0.25) is 5.95 Å². The smallest absolute Gasteiger partial charge is 0.254 e. The van der Waals surface area contributed by atoms with Gasteiger partial charge >= 0.3 is 0 Å². The van der Waals surface area contributed by atoms with E-state index in [0.717, 1.165) is 11.3 Å². The molecule has 2 aromatic carbocycles. The van der Waals surface area contributed by atoms with Crippen molar-refractivity contribution < 1.29 is 18.7 Å². The predicted octanol–water partition coefficient (Wildman–Crippen LogP) is 3.06. The number of rotatable bonds is 5. The van der Waals surface area contributed by atoms with E-state index >= 15 is 0 Å². The van der Waals surface area contributed by atoms with E-state index in [1.165, 1.54) is 24.5 Å². The molecule has 3 aromatic rings. The number of nitrogens with one attached hydrogen (secondary N) is 2. The van der Waals surface area contributed by atoms with Crippen LogP contribution in [0.4, 0.5) is 16.0 Å². The van der Waals surface area contributed by atoms with Gasteiger partial charge in [-0.2, -0.15) is 0 Å². The lowest BCUT2D eigenvalue weighted by Crippen LogP contribution is -2.23. The number of hydrogen-bond donors (Lipinski definition) is 2. The van der Waals surface area contributed by atoms with Crippen molar-refractivity contribution in [3.8, 4) is 11.5 Å². The average molecular weight is 380 g/mol. The lowest BCUT2D eigenvalue weighted by atomic mass is 10.2. The maximum absolute atomic E-state index is 12.9. The molecule has 0 fully saturated rings. The molecule has 1 aliphatic rings. The van der Waals surface area contributed by atoms with Crippen LogP contribution in [0.25, 0.3) is 0 Å². The monoisotopic (exact) mass is 380 g/mol. The van der Waals surface area contributed by atoms with E-state index in [1.54, 1.807) is 18.2 Å². The summed E-state index contributed by atoms with van der Waals surface area (Å²) in [5, 5.41) is 5.80. The number of halogens is 1. The Morgan fingerprint density at radius 3 is 2.46 bits per heavy atom. The molecule has 1 amide bonds. The van der Waals surface area contributed by atoms with Gasteiger partial charge in [-0.1, -0.05) is 12.1 Å². The highest BCUT2D eigenvalue weighted by Crippen LogP contribution is 2.33. The Bertz CT molecular complexity index is 978. The van der Waals surface area contributed by atoms with Crippen molar-refractivity contribution in [2.45, 2.75) is 6.54 Å². The van der Waals surface area contributed by atoms with Gasteiger partial charge in [-0.25, -0.2) is 14.4 Å². The molecule has 1 aliphatic heterocycles. The second kappa shape index (κ2) is 7.91. The summed E-state index contributed by atoms with van der Waals surface area (Å²) in [6.07, 6.45) is 2.88. The fourth-order valence-electron chi connectivity index (χ4n) is 2.65. The van der Waals surface area contributed by atoms with Gasteiger partial charge in [-0.05, 0) is 29.8 Å². The molecule has 1 aromatic heterocycles. The Hall–Kier alpha value is -3.68. The van der Waals surface area contributed by atoms with Crippen molar-refractivity contribution in [3.05, 3.63) is 71.8 Å². The van der Waals surface area contributed by atoms with Gasteiger partial charge in [0.05, 0.1) is 5.56 Å². The molecule has 0 saturated heterocycles. The highest BCUT2D eigenvalue weighted by molar-refractivity contribution is 5.93. The van der Waals surface area contributed by atoms with Crippen molar-refractivity contribution in [3.63, 3.8) is 0 Å². The number of benzene rings is 2. The van der Waals surface area contributed by atoms with Crippen LogP contribution in [0.5, 0.6) is 11.5 Å². The number of carbonyl (C=O) groups is 1. The van der Waals surface area contributed by atoms with Crippen LogP contribution >= 0.6 is 0 Å². The minimum absolute atomic E-state index is 0.288. The zero-order valence-corrected chi connectivity index (χ0v) is 14.8. The van der Waals surface area contributed by atoms with Crippen molar-refractivity contribution >= 4 is 17.5 Å². The second-order valence-electron chi connectivity index (χ2n) is 6.09. The third kappa shape index (κ3) is 4.17. The number of anilines is 2. The van der Waals surface area contributed by atoms with Crippen LogP contribution in [0.2, 0.25) is 0 Å². The molecular weight excluding hydrogens is 363 g/mol. The summed E-state index contributed by atoms with van der Waals surface area (Å²) in [5.74, 6) is 1.09. The first-order chi connectivity index (χ1) is 13.7. The molecule has 0 unspecified atom stereocenters. The zero-order chi connectivity index (χ0) is 19.3. The molecule has 2 heterocycles. The molecule has 2 N–H and O–H groups in total. The van der Waals surface area contributed by atoms with Gasteiger partial charge in [-0.15, -0.1) is 0 Å². The van der Waals surface area contributed by atoms with Crippen molar-refractivity contribution in [1.82, 2.24) is 15.3 Å². The van der Waals surface area contributed by atoms with Crippen LogP contribution in [-0.2, 0) is 6.54 Å². The average Bonchev–Trinajstić information content (AvgIpc) is 2.73. The van der Waals surface area contributed by atoms with Gasteiger partial charge in [0.25, 0.3) is 5.91 Å². The van der Waals surface area contributed by atoms with Crippen LogP contribution in [0.3, 0.4) is 0 Å². The van der Waals surface area contributed by atoms with Crippen LogP contribution in [-0.4, -0.2) is 29.1 Å². The van der Waals surface area contributed by atoms with E-state index in [4.69, 9.17) is 9.47 Å². The van der Waals surface area contributed by atoms with Crippen molar-refractivity contribution in [2.75, 3.05) is 18.5 Å². The largest absolute Gasteiger partial charge is 0.486 e. The molecule has 142 valence electrons. The first-order valence-corrected chi connectivity index (χ1v) is 8.69. The first kappa shape index (κ1) is 17.7. The van der Waals surface area contributed by atoms with Crippen LogP contribution in [0.1, 0.15) is 15.9 Å². The Kier molecular flexibility index (Phi) is 5.01. The summed E-state index contributed by atoms with van der Waals surface area (Å²) in [6.45, 7) is 1.33. The number of nitrogens with zero attached hydrogens (tertiary/aromatic N) is 2. The summed E-state index contributed by atoms with van der Waals surface area (Å²) < 4.78 is 23.9. The molecule has 28 heavy (non-hydrogen) atoms. The molecule has 0 spiro atoms. The SMILES string of the molecule is O=C(NCc1ccc(F)cc1)c1cnc(Nc2ccc3c(c2)OCCO3)nc1. The van der Waals surface area contributed by atoms with E-state index < -0.39 is 0 Å². The summed E-state index contributed by atoms with van der Waals surface area (Å²) in [5.41, 5.74) is 1.88. The molecule has 0 atom stereocenters. The molecule has 0 saturated carbocycles. The first-order valence-electron chi connectivity index (χ1n) is 8.69. The summed E-state index contributed by atoms with van der Waals surface area (Å²) in [6, 6.07) is 11.4. The van der Waals surface area contributed by atoms with Gasteiger partial charge < -0.3 is 20.1 Å². The van der Waals surface area contributed by atoms with E-state index in [-0.39, 0.29) is 18.3 Å². The summed E-state index contributed by atoms with van der Waals surface area (Å²) >= 11 is 0. The summed E-state index contributed by atoms with van der Waals surface area (Å²) in [7, 11) is 0. The van der Waals surface area contributed by atoms with Crippen LogP contribution < -0.4 is 20.1 Å². The molecular formula is C20H17FN4O3. The fraction of sp³-hybridized carbons (Fsp3) is 0.150. The third-order valence-corrected chi connectivity index (χ3v) is 4.08. The van der Waals surface area contributed by atoms with E-state index in [1.807, 2.05) is 12.1 Å². The molecule has 0 radical (unpaired) electrons. The van der Waals surface area contributed by atoms with Gasteiger partial charge in [0.15, 0.2) is 11.5 Å². The van der Waals surface area contributed by atoms with Crippen molar-refractivity contribution in [1.29, 1.82) is 0 Å². The highest BCUT2D eigenvalue weighted by atomic mass is 19.1. The third-order valence-electron chi connectivity index (χ3n) is 4.08. The number of carbonyl (C=O) groups excluding carboxylic acids is 1. The zero-order valence-electron chi connectivity index (χ0n) is 14.8. The second-order valence-corrected chi connectivity index (χ2v) is 6.09. The normalized spacial score (nSPS) is 12.3. The van der Waals surface area contributed by atoms with E-state index in [9.17, 15) is 9.18 Å². The maximum atomic E-state index is 12.9. The Morgan fingerprint density at radius 2 is 1.71 bits per heavy atom. The number of hydrogen-bond acceptors (Lipinski definition) is 6. The number of aromatic nitrogens is 2. The number of amides is 1. The van der Waals surface area contributed by atoms with Gasteiger partial charge in [0.1, 0.15) is 19.0 Å². The highest BCUT2D eigenvalue weighted by Gasteiger charge is 2.12. The lowest BCUT2D eigenvalue weighted by Gasteiger charge is -2.18. The molecule has 0 bridgehead atoms. The topological polar surface area (TPSA) is 85.4 Å². The molecule has 0 aliphatic carbocycles. The molecule has 4 rings (SSSR count). The van der Waals surface area contributed by atoms with Crippen LogP contribution in [0, 0.1) is 5.82 Å². The Balaban J connectivity index is 1.36. The lowest BCUT2D eigenvalue weighted by molar-refractivity contribution is 0.0950. The predicted molar refractivity (Wildman–Crippen MR) is 100 cm³/mol. The molecule has 8 heteroatoms. The van der Waals surface area contributed by atoms with Crippen molar-refractivity contribution in [2.24, 2.45) is 0 Å². The van der Waals surface area contributed by atoms with E-state index in [2.05, 4.69) is 20.6 Å². The maximum Gasteiger partial charge on any atom is 0.254 e. The quantitative estimate of drug-likeness (QED) is 0.708. The summed E-state index contributed by atoms with van der Waals surface area (Å²) in [4.78, 5) is 20.5.